The van der Waals surface area contributed by atoms with Gasteiger partial charge < -0.3 is 20.3 Å². The predicted octanol–water partition coefficient (Wildman–Crippen LogP) is 2.86. The van der Waals surface area contributed by atoms with E-state index in [0.717, 1.165) is 11.3 Å². The van der Waals surface area contributed by atoms with Crippen molar-refractivity contribution in [3.8, 4) is 5.75 Å². The summed E-state index contributed by atoms with van der Waals surface area (Å²) in [6.07, 6.45) is 0.282. The molecule has 6 nitrogen and oxygen atoms in total. The van der Waals surface area contributed by atoms with Gasteiger partial charge in [0.2, 0.25) is 5.91 Å². The largest absolute Gasteiger partial charge is 0.497 e. The SMILES string of the molecule is COc1cccc(N2C[C@H](NC(=O)N[C@H](C)c3ccccc3)CC2=O)c1. The molecule has 0 aromatic heterocycles. The molecule has 3 rings (SSSR count). The van der Waals surface area contributed by atoms with Crippen molar-refractivity contribution in [2.45, 2.75) is 25.4 Å². The number of nitrogens with one attached hydrogen (secondary N) is 2. The first kappa shape index (κ1) is 17.8. The van der Waals surface area contributed by atoms with Crippen molar-refractivity contribution < 1.29 is 14.3 Å². The minimum absolute atomic E-state index is 0.0142. The zero-order chi connectivity index (χ0) is 18.5. The van der Waals surface area contributed by atoms with E-state index < -0.39 is 0 Å². The monoisotopic (exact) mass is 353 g/mol. The molecule has 1 saturated heterocycles. The lowest BCUT2D eigenvalue weighted by molar-refractivity contribution is -0.117. The second kappa shape index (κ2) is 7.91. The van der Waals surface area contributed by atoms with Gasteiger partial charge in [-0.25, -0.2) is 4.79 Å². The number of anilines is 1. The average molecular weight is 353 g/mol. The van der Waals surface area contributed by atoms with Crippen LogP contribution in [0.2, 0.25) is 0 Å². The summed E-state index contributed by atoms with van der Waals surface area (Å²) in [5.41, 5.74) is 1.81. The molecule has 2 N–H and O–H groups in total. The smallest absolute Gasteiger partial charge is 0.315 e. The molecule has 2 aromatic carbocycles. The van der Waals surface area contributed by atoms with Crippen LogP contribution in [0, 0.1) is 0 Å². The summed E-state index contributed by atoms with van der Waals surface area (Å²) >= 11 is 0. The maximum atomic E-state index is 12.3. The maximum Gasteiger partial charge on any atom is 0.315 e. The van der Waals surface area contributed by atoms with Crippen LogP contribution in [0.3, 0.4) is 0 Å². The van der Waals surface area contributed by atoms with E-state index in [4.69, 9.17) is 4.74 Å². The molecule has 26 heavy (non-hydrogen) atoms. The molecule has 1 aliphatic rings. The molecule has 136 valence electrons. The van der Waals surface area contributed by atoms with E-state index in [9.17, 15) is 9.59 Å². The van der Waals surface area contributed by atoms with Gasteiger partial charge in [0.1, 0.15) is 5.75 Å². The van der Waals surface area contributed by atoms with Crippen molar-refractivity contribution in [3.63, 3.8) is 0 Å². The number of urea groups is 1. The van der Waals surface area contributed by atoms with Crippen LogP contribution < -0.4 is 20.3 Å². The quantitative estimate of drug-likeness (QED) is 0.868. The zero-order valence-corrected chi connectivity index (χ0v) is 14.9. The van der Waals surface area contributed by atoms with E-state index in [-0.39, 0.29) is 30.4 Å². The van der Waals surface area contributed by atoms with Gasteiger partial charge in [0.15, 0.2) is 0 Å². The van der Waals surface area contributed by atoms with Crippen LogP contribution >= 0.6 is 0 Å². The summed E-state index contributed by atoms with van der Waals surface area (Å²) in [7, 11) is 1.59. The molecule has 0 bridgehead atoms. The number of carbonyl (C=O) groups is 2. The number of amides is 3. The van der Waals surface area contributed by atoms with Gasteiger partial charge in [0, 0.05) is 24.7 Å². The summed E-state index contributed by atoms with van der Waals surface area (Å²) in [4.78, 5) is 26.3. The molecule has 2 atom stereocenters. The van der Waals surface area contributed by atoms with Gasteiger partial charge in [-0.2, -0.15) is 0 Å². The third-order valence-corrected chi connectivity index (χ3v) is 4.47. The molecule has 2 aromatic rings. The van der Waals surface area contributed by atoms with E-state index in [1.807, 2.05) is 61.5 Å². The standard InChI is InChI=1S/C20H23N3O3/c1-14(15-7-4-3-5-8-15)21-20(25)22-16-11-19(24)23(13-16)17-9-6-10-18(12-17)26-2/h3-10,12,14,16H,11,13H2,1-2H3,(H2,21,22,25)/t14-,16-/m1/s1. The lowest BCUT2D eigenvalue weighted by Crippen LogP contribution is -2.44. The first-order valence-electron chi connectivity index (χ1n) is 8.63. The molecular weight excluding hydrogens is 330 g/mol. The van der Waals surface area contributed by atoms with Gasteiger partial charge in [0.05, 0.1) is 19.2 Å². The van der Waals surface area contributed by atoms with Crippen LogP contribution in [-0.2, 0) is 4.79 Å². The number of nitrogens with zero attached hydrogens (tertiary/aromatic N) is 1. The highest BCUT2D eigenvalue weighted by Gasteiger charge is 2.32. The molecule has 1 aliphatic heterocycles. The Hall–Kier alpha value is -3.02. The van der Waals surface area contributed by atoms with Crippen molar-refractivity contribution in [2.24, 2.45) is 0 Å². The van der Waals surface area contributed by atoms with E-state index in [1.54, 1.807) is 12.0 Å². The summed E-state index contributed by atoms with van der Waals surface area (Å²) in [5.74, 6) is 0.681. The van der Waals surface area contributed by atoms with E-state index in [0.29, 0.717) is 12.3 Å². The van der Waals surface area contributed by atoms with Gasteiger partial charge in [0.25, 0.3) is 0 Å². The van der Waals surface area contributed by atoms with Gasteiger partial charge in [-0.1, -0.05) is 36.4 Å². The lowest BCUT2D eigenvalue weighted by atomic mass is 10.1. The Morgan fingerprint density at radius 1 is 1.19 bits per heavy atom. The summed E-state index contributed by atoms with van der Waals surface area (Å²) in [6, 6.07) is 16.5. The number of methoxy groups -OCH3 is 1. The molecular formula is C20H23N3O3. The minimum Gasteiger partial charge on any atom is -0.497 e. The van der Waals surface area contributed by atoms with Crippen LogP contribution in [0.5, 0.6) is 5.75 Å². The Balaban J connectivity index is 1.57. The number of ether oxygens (including phenoxy) is 1. The summed E-state index contributed by atoms with van der Waals surface area (Å²) < 4.78 is 5.21. The third-order valence-electron chi connectivity index (χ3n) is 4.47. The highest BCUT2D eigenvalue weighted by atomic mass is 16.5. The van der Waals surface area contributed by atoms with Gasteiger partial charge in [-0.15, -0.1) is 0 Å². The fourth-order valence-electron chi connectivity index (χ4n) is 3.08. The van der Waals surface area contributed by atoms with Gasteiger partial charge in [-0.3, -0.25) is 4.79 Å². The number of hydrogen-bond donors (Lipinski definition) is 2. The van der Waals surface area contributed by atoms with E-state index in [2.05, 4.69) is 10.6 Å². The van der Waals surface area contributed by atoms with Crippen LogP contribution in [0.25, 0.3) is 0 Å². The van der Waals surface area contributed by atoms with Crippen molar-refractivity contribution in [1.82, 2.24) is 10.6 Å². The normalized spacial score (nSPS) is 17.7. The second-order valence-electron chi connectivity index (χ2n) is 6.36. The molecule has 0 saturated carbocycles. The van der Waals surface area contributed by atoms with E-state index in [1.165, 1.54) is 0 Å². The highest BCUT2D eigenvalue weighted by molar-refractivity contribution is 5.97. The highest BCUT2D eigenvalue weighted by Crippen LogP contribution is 2.25. The Kier molecular flexibility index (Phi) is 5.41. The molecule has 0 spiro atoms. The molecule has 0 aliphatic carbocycles. The summed E-state index contributed by atoms with van der Waals surface area (Å²) in [6.45, 7) is 2.37. The van der Waals surface area contributed by atoms with E-state index >= 15 is 0 Å². The number of hydrogen-bond acceptors (Lipinski definition) is 3. The minimum atomic E-state index is -0.272. The fourth-order valence-corrected chi connectivity index (χ4v) is 3.08. The molecule has 6 heteroatoms. The molecule has 1 heterocycles. The first-order chi connectivity index (χ1) is 12.6. The van der Waals surface area contributed by atoms with Crippen LogP contribution in [0.15, 0.2) is 54.6 Å². The molecule has 1 fully saturated rings. The van der Waals surface area contributed by atoms with Crippen molar-refractivity contribution in [2.75, 3.05) is 18.6 Å². The topological polar surface area (TPSA) is 70.7 Å². The Morgan fingerprint density at radius 3 is 2.69 bits per heavy atom. The van der Waals surface area contributed by atoms with Crippen LogP contribution in [0.4, 0.5) is 10.5 Å². The Labute approximate surface area is 153 Å². The van der Waals surface area contributed by atoms with Crippen molar-refractivity contribution in [3.05, 3.63) is 60.2 Å². The van der Waals surface area contributed by atoms with Crippen LogP contribution in [0.1, 0.15) is 24.9 Å². The first-order valence-corrected chi connectivity index (χ1v) is 8.63. The maximum absolute atomic E-state index is 12.3. The Morgan fingerprint density at radius 2 is 1.96 bits per heavy atom. The van der Waals surface area contributed by atoms with Crippen LogP contribution in [-0.4, -0.2) is 31.6 Å². The predicted molar refractivity (Wildman–Crippen MR) is 100 cm³/mol. The third kappa shape index (κ3) is 4.14. The average Bonchev–Trinajstić information content (AvgIpc) is 3.02. The number of benzene rings is 2. The van der Waals surface area contributed by atoms with Crippen molar-refractivity contribution >= 4 is 17.6 Å². The molecule has 3 amide bonds. The zero-order valence-electron chi connectivity index (χ0n) is 14.9. The molecule has 0 unspecified atom stereocenters. The number of carbonyl (C=O) groups excluding carboxylic acids is 2. The second-order valence-corrected chi connectivity index (χ2v) is 6.36. The molecule has 0 radical (unpaired) electrons. The fraction of sp³-hybridized carbons (Fsp3) is 0.300. The van der Waals surface area contributed by atoms with Gasteiger partial charge in [-0.05, 0) is 24.6 Å². The Bertz CT molecular complexity index is 779. The van der Waals surface area contributed by atoms with Gasteiger partial charge >= 0.3 is 6.03 Å². The lowest BCUT2D eigenvalue weighted by Gasteiger charge is -2.19. The van der Waals surface area contributed by atoms with Crippen molar-refractivity contribution in [1.29, 1.82) is 0 Å². The number of rotatable bonds is 5. The summed E-state index contributed by atoms with van der Waals surface area (Å²) in [5, 5.41) is 5.81.